The van der Waals surface area contributed by atoms with Crippen molar-refractivity contribution in [1.82, 2.24) is 10.3 Å². The van der Waals surface area contributed by atoms with Gasteiger partial charge in [0.2, 0.25) is 0 Å². The Balaban J connectivity index is 2.10. The number of hydrogen-bond acceptors (Lipinski definition) is 3. The summed E-state index contributed by atoms with van der Waals surface area (Å²) in [5.74, 6) is 0.236. The number of aromatic nitrogens is 1. The molecule has 1 saturated heterocycles. The van der Waals surface area contributed by atoms with E-state index >= 15 is 0 Å². The lowest BCUT2D eigenvalue weighted by atomic mass is 10.0. The largest absolute Gasteiger partial charge is 0.506 e. The van der Waals surface area contributed by atoms with E-state index in [-0.39, 0.29) is 5.75 Å². The van der Waals surface area contributed by atoms with Gasteiger partial charge in [-0.15, -0.1) is 0 Å². The normalized spacial score (nSPS) is 22.9. The lowest BCUT2D eigenvalue weighted by Gasteiger charge is -2.22. The second kappa shape index (κ2) is 3.75. The molecule has 1 fully saturated rings. The molecule has 1 atom stereocenters. The van der Waals surface area contributed by atoms with Crippen molar-refractivity contribution in [3.8, 4) is 5.75 Å². The van der Waals surface area contributed by atoms with E-state index < -0.39 is 0 Å². The number of nitrogens with one attached hydrogen (secondary N) is 1. The van der Waals surface area contributed by atoms with Crippen LogP contribution in [0.15, 0.2) is 18.3 Å². The molecule has 13 heavy (non-hydrogen) atoms. The predicted octanol–water partition coefficient (Wildman–Crippen LogP) is 1.60. The third kappa shape index (κ3) is 1.98. The first-order chi connectivity index (χ1) is 6.36. The number of piperidine rings is 1. The zero-order chi connectivity index (χ0) is 9.10. The van der Waals surface area contributed by atoms with Crippen LogP contribution in [-0.4, -0.2) is 16.6 Å². The van der Waals surface area contributed by atoms with E-state index in [4.69, 9.17) is 5.11 Å². The lowest BCUT2D eigenvalue weighted by molar-refractivity contribution is 0.403. The van der Waals surface area contributed by atoms with Crippen molar-refractivity contribution in [3.05, 3.63) is 24.0 Å². The molecule has 0 aliphatic carbocycles. The molecule has 70 valence electrons. The van der Waals surface area contributed by atoms with Crippen molar-refractivity contribution >= 4 is 0 Å². The molecular weight excluding hydrogens is 164 g/mol. The number of aromatic hydroxyl groups is 1. The summed E-state index contributed by atoms with van der Waals surface area (Å²) in [6.45, 7) is 1.08. The van der Waals surface area contributed by atoms with Crippen molar-refractivity contribution in [1.29, 1.82) is 0 Å². The molecule has 0 unspecified atom stereocenters. The van der Waals surface area contributed by atoms with Gasteiger partial charge in [-0.1, -0.05) is 6.42 Å². The van der Waals surface area contributed by atoms with Gasteiger partial charge in [-0.2, -0.15) is 0 Å². The minimum Gasteiger partial charge on any atom is -0.506 e. The molecule has 1 aliphatic rings. The van der Waals surface area contributed by atoms with Crippen LogP contribution in [0.4, 0.5) is 0 Å². The molecule has 0 radical (unpaired) electrons. The topological polar surface area (TPSA) is 45.1 Å². The van der Waals surface area contributed by atoms with Gasteiger partial charge in [0.25, 0.3) is 0 Å². The highest BCUT2D eigenvalue weighted by atomic mass is 16.3. The van der Waals surface area contributed by atoms with Crippen LogP contribution in [0, 0.1) is 0 Å². The Kier molecular flexibility index (Phi) is 2.45. The van der Waals surface area contributed by atoms with Gasteiger partial charge in [0, 0.05) is 6.04 Å². The van der Waals surface area contributed by atoms with Gasteiger partial charge in [-0.05, 0) is 31.5 Å². The molecule has 0 amide bonds. The van der Waals surface area contributed by atoms with Gasteiger partial charge in [-0.3, -0.25) is 4.98 Å². The van der Waals surface area contributed by atoms with Crippen molar-refractivity contribution in [2.24, 2.45) is 0 Å². The maximum Gasteiger partial charge on any atom is 0.133 e. The summed E-state index contributed by atoms with van der Waals surface area (Å²) in [6, 6.07) is 3.96. The first-order valence-corrected chi connectivity index (χ1v) is 4.74. The average molecular weight is 178 g/mol. The highest BCUT2D eigenvalue weighted by Gasteiger charge is 2.15. The van der Waals surface area contributed by atoms with E-state index in [9.17, 15) is 0 Å². The number of rotatable bonds is 1. The standard InChI is InChI=1S/C10H14N2O/c13-8-4-5-10(12-7-8)9-3-1-2-6-11-9/h4-5,7,9,11,13H,1-3,6H2/t9-/m0/s1. The third-order valence-electron chi connectivity index (χ3n) is 2.44. The van der Waals surface area contributed by atoms with Crippen LogP contribution in [0.1, 0.15) is 31.0 Å². The van der Waals surface area contributed by atoms with Crippen molar-refractivity contribution in [2.75, 3.05) is 6.54 Å². The maximum absolute atomic E-state index is 9.07. The third-order valence-corrected chi connectivity index (χ3v) is 2.44. The van der Waals surface area contributed by atoms with Gasteiger partial charge < -0.3 is 10.4 Å². The molecule has 0 aromatic carbocycles. The molecule has 3 nitrogen and oxygen atoms in total. The molecule has 1 aromatic heterocycles. The van der Waals surface area contributed by atoms with E-state index in [0.717, 1.165) is 18.7 Å². The zero-order valence-electron chi connectivity index (χ0n) is 7.53. The molecule has 2 N–H and O–H groups in total. The SMILES string of the molecule is Oc1ccc([C@@H]2CCCCN2)nc1. The Morgan fingerprint density at radius 1 is 1.38 bits per heavy atom. The Labute approximate surface area is 77.8 Å². The van der Waals surface area contributed by atoms with E-state index in [1.807, 2.05) is 6.07 Å². The molecule has 0 spiro atoms. The molecule has 3 heteroatoms. The van der Waals surface area contributed by atoms with Crippen LogP contribution in [-0.2, 0) is 0 Å². The summed E-state index contributed by atoms with van der Waals surface area (Å²) in [7, 11) is 0. The maximum atomic E-state index is 9.07. The van der Waals surface area contributed by atoms with Crippen molar-refractivity contribution in [3.63, 3.8) is 0 Å². The van der Waals surface area contributed by atoms with Gasteiger partial charge in [0.15, 0.2) is 0 Å². The van der Waals surface area contributed by atoms with Crippen LogP contribution < -0.4 is 5.32 Å². The van der Waals surface area contributed by atoms with Crippen LogP contribution in [0.25, 0.3) is 0 Å². The summed E-state index contributed by atoms with van der Waals surface area (Å²) in [4.78, 5) is 4.19. The van der Waals surface area contributed by atoms with E-state index in [1.165, 1.54) is 19.0 Å². The highest BCUT2D eigenvalue weighted by molar-refractivity contribution is 5.20. The van der Waals surface area contributed by atoms with Gasteiger partial charge in [0.1, 0.15) is 5.75 Å². The molecule has 2 heterocycles. The van der Waals surface area contributed by atoms with E-state index in [0.29, 0.717) is 6.04 Å². The quantitative estimate of drug-likeness (QED) is 0.686. The summed E-state index contributed by atoms with van der Waals surface area (Å²) < 4.78 is 0. The van der Waals surface area contributed by atoms with Crippen molar-refractivity contribution in [2.45, 2.75) is 25.3 Å². The summed E-state index contributed by atoms with van der Waals surface area (Å²) in [5, 5.41) is 12.5. The number of hydrogen-bond donors (Lipinski definition) is 2. The number of pyridine rings is 1. The fourth-order valence-corrected chi connectivity index (χ4v) is 1.71. The first-order valence-electron chi connectivity index (χ1n) is 4.74. The zero-order valence-corrected chi connectivity index (χ0v) is 7.53. The van der Waals surface area contributed by atoms with E-state index in [1.54, 1.807) is 6.07 Å². The van der Waals surface area contributed by atoms with Crippen molar-refractivity contribution < 1.29 is 5.11 Å². The lowest BCUT2D eigenvalue weighted by Crippen LogP contribution is -2.27. The Hall–Kier alpha value is -1.09. The second-order valence-electron chi connectivity index (χ2n) is 3.44. The Bertz CT molecular complexity index is 265. The smallest absolute Gasteiger partial charge is 0.133 e. The van der Waals surface area contributed by atoms with E-state index in [2.05, 4.69) is 10.3 Å². The first kappa shape index (κ1) is 8.51. The summed E-state index contributed by atoms with van der Waals surface area (Å²) in [5.41, 5.74) is 1.04. The molecule has 1 aliphatic heterocycles. The van der Waals surface area contributed by atoms with Crippen LogP contribution in [0.3, 0.4) is 0 Å². The van der Waals surface area contributed by atoms with Crippen LogP contribution >= 0.6 is 0 Å². The summed E-state index contributed by atoms with van der Waals surface area (Å²) >= 11 is 0. The summed E-state index contributed by atoms with van der Waals surface area (Å²) in [6.07, 6.45) is 5.18. The van der Waals surface area contributed by atoms with Crippen LogP contribution in [0.5, 0.6) is 5.75 Å². The molecule has 0 saturated carbocycles. The monoisotopic (exact) mass is 178 g/mol. The predicted molar refractivity (Wildman–Crippen MR) is 50.5 cm³/mol. The molecule has 1 aromatic rings. The molecule has 2 rings (SSSR count). The Morgan fingerprint density at radius 2 is 2.31 bits per heavy atom. The average Bonchev–Trinajstić information content (AvgIpc) is 2.20. The molecular formula is C10H14N2O. The minimum absolute atomic E-state index is 0.236. The highest BCUT2D eigenvalue weighted by Crippen LogP contribution is 2.21. The second-order valence-corrected chi connectivity index (χ2v) is 3.44. The minimum atomic E-state index is 0.236. The van der Waals surface area contributed by atoms with Crippen LogP contribution in [0.2, 0.25) is 0 Å². The number of nitrogens with zero attached hydrogens (tertiary/aromatic N) is 1. The van der Waals surface area contributed by atoms with Gasteiger partial charge in [-0.25, -0.2) is 0 Å². The van der Waals surface area contributed by atoms with Gasteiger partial charge in [0.05, 0.1) is 11.9 Å². The molecule has 0 bridgehead atoms. The van der Waals surface area contributed by atoms with Gasteiger partial charge >= 0.3 is 0 Å². The fraction of sp³-hybridized carbons (Fsp3) is 0.500. The fourth-order valence-electron chi connectivity index (χ4n) is 1.71. The Morgan fingerprint density at radius 3 is 2.92 bits per heavy atom.